The number of carboxylic acids is 1. The van der Waals surface area contributed by atoms with Crippen molar-refractivity contribution in [3.63, 3.8) is 0 Å². The van der Waals surface area contributed by atoms with E-state index >= 15 is 0 Å². The molecule has 0 aromatic heterocycles. The van der Waals surface area contributed by atoms with Crippen LogP contribution in [0.25, 0.3) is 0 Å². The van der Waals surface area contributed by atoms with E-state index in [9.17, 15) is 14.7 Å². The van der Waals surface area contributed by atoms with Gasteiger partial charge in [-0.2, -0.15) is 0 Å². The third kappa shape index (κ3) is 2.62. The molecule has 4 heteroatoms. The van der Waals surface area contributed by atoms with Gasteiger partial charge in [0.1, 0.15) is 0 Å². The van der Waals surface area contributed by atoms with Crippen LogP contribution in [0.3, 0.4) is 0 Å². The second-order valence-corrected chi connectivity index (χ2v) is 5.19. The highest BCUT2D eigenvalue weighted by atomic mass is 16.4. The molecule has 0 aliphatic carbocycles. The van der Waals surface area contributed by atoms with Gasteiger partial charge in [-0.05, 0) is 45.2 Å². The highest BCUT2D eigenvalue weighted by Gasteiger charge is 2.31. The summed E-state index contributed by atoms with van der Waals surface area (Å²) in [6.07, 6.45) is 3.07. The van der Waals surface area contributed by atoms with Gasteiger partial charge in [-0.1, -0.05) is 12.1 Å². The molecule has 1 aromatic rings. The van der Waals surface area contributed by atoms with Crippen molar-refractivity contribution in [1.29, 1.82) is 0 Å². The Bertz CT molecular complexity index is 488. The van der Waals surface area contributed by atoms with Crippen LogP contribution in [0.1, 0.15) is 53.8 Å². The summed E-state index contributed by atoms with van der Waals surface area (Å²) in [5.74, 6) is -1.22. The van der Waals surface area contributed by atoms with Crippen molar-refractivity contribution >= 4 is 11.9 Å². The predicted octanol–water partition coefficient (Wildman–Crippen LogP) is 2.79. The van der Waals surface area contributed by atoms with Gasteiger partial charge in [-0.15, -0.1) is 0 Å². The molecule has 0 spiro atoms. The molecule has 1 N–H and O–H groups in total. The Morgan fingerprint density at radius 3 is 2.16 bits per heavy atom. The van der Waals surface area contributed by atoms with Crippen LogP contribution in [0.15, 0.2) is 24.3 Å². The number of carboxylic acid groups (broad SMARTS) is 1. The van der Waals surface area contributed by atoms with E-state index < -0.39 is 5.97 Å². The third-order valence-corrected chi connectivity index (χ3v) is 3.82. The SMILES string of the molecule is CC1CCCC(C)N1C(=O)c1ccccc1C(=O)O. The fourth-order valence-corrected chi connectivity index (χ4v) is 2.82. The zero-order valence-corrected chi connectivity index (χ0v) is 11.3. The molecule has 2 rings (SSSR count). The van der Waals surface area contributed by atoms with Crippen LogP contribution in [0.2, 0.25) is 0 Å². The lowest BCUT2D eigenvalue weighted by molar-refractivity contribution is 0.0501. The van der Waals surface area contributed by atoms with Gasteiger partial charge in [0.05, 0.1) is 11.1 Å². The Labute approximate surface area is 113 Å². The first kappa shape index (κ1) is 13.6. The molecule has 1 heterocycles. The lowest BCUT2D eigenvalue weighted by Gasteiger charge is -2.39. The second-order valence-electron chi connectivity index (χ2n) is 5.19. The summed E-state index contributed by atoms with van der Waals surface area (Å²) in [6, 6.07) is 6.76. The average molecular weight is 261 g/mol. The maximum atomic E-state index is 12.6. The zero-order chi connectivity index (χ0) is 14.0. The van der Waals surface area contributed by atoms with Gasteiger partial charge in [0.15, 0.2) is 0 Å². The van der Waals surface area contributed by atoms with Crippen LogP contribution in [-0.2, 0) is 0 Å². The Hall–Kier alpha value is -1.84. The normalized spacial score (nSPS) is 23.2. The number of likely N-dealkylation sites (tertiary alicyclic amines) is 1. The molecular formula is C15H19NO3. The molecule has 19 heavy (non-hydrogen) atoms. The number of benzene rings is 1. The molecule has 4 nitrogen and oxygen atoms in total. The minimum atomic E-state index is -1.05. The van der Waals surface area contributed by atoms with Crippen LogP contribution >= 0.6 is 0 Å². The first-order valence-corrected chi connectivity index (χ1v) is 6.67. The van der Waals surface area contributed by atoms with E-state index in [0.29, 0.717) is 0 Å². The van der Waals surface area contributed by atoms with Crippen molar-refractivity contribution in [2.45, 2.75) is 45.2 Å². The van der Waals surface area contributed by atoms with Gasteiger partial charge in [0.2, 0.25) is 0 Å². The Morgan fingerprint density at radius 2 is 1.63 bits per heavy atom. The summed E-state index contributed by atoms with van der Waals surface area (Å²) in [5, 5.41) is 9.17. The molecule has 0 bridgehead atoms. The largest absolute Gasteiger partial charge is 0.478 e. The zero-order valence-electron chi connectivity index (χ0n) is 11.3. The summed E-state index contributed by atoms with van der Waals surface area (Å²) in [5.41, 5.74) is 0.369. The number of hydrogen-bond donors (Lipinski definition) is 1. The molecule has 1 aliphatic rings. The van der Waals surface area contributed by atoms with E-state index in [1.807, 2.05) is 18.7 Å². The molecule has 0 radical (unpaired) electrons. The molecule has 1 amide bonds. The summed E-state index contributed by atoms with van der Waals surface area (Å²) in [6.45, 7) is 4.05. The Morgan fingerprint density at radius 1 is 1.11 bits per heavy atom. The fraction of sp³-hybridized carbons (Fsp3) is 0.467. The van der Waals surface area contributed by atoms with Crippen molar-refractivity contribution in [2.75, 3.05) is 0 Å². The van der Waals surface area contributed by atoms with Crippen LogP contribution in [-0.4, -0.2) is 34.0 Å². The number of rotatable bonds is 2. The van der Waals surface area contributed by atoms with E-state index in [2.05, 4.69) is 0 Å². The van der Waals surface area contributed by atoms with Crippen LogP contribution in [0.4, 0.5) is 0 Å². The summed E-state index contributed by atoms with van der Waals surface area (Å²) >= 11 is 0. The number of aromatic carboxylic acids is 1. The molecule has 1 saturated heterocycles. The summed E-state index contributed by atoms with van der Waals surface area (Å²) in [7, 11) is 0. The first-order valence-electron chi connectivity index (χ1n) is 6.67. The van der Waals surface area contributed by atoms with Crippen molar-refractivity contribution in [3.05, 3.63) is 35.4 Å². The van der Waals surface area contributed by atoms with Crippen molar-refractivity contribution in [1.82, 2.24) is 4.90 Å². The average Bonchev–Trinajstić information content (AvgIpc) is 2.38. The molecule has 2 atom stereocenters. The quantitative estimate of drug-likeness (QED) is 0.890. The number of piperidine rings is 1. The maximum absolute atomic E-state index is 12.6. The minimum Gasteiger partial charge on any atom is -0.478 e. The molecule has 1 fully saturated rings. The lowest BCUT2D eigenvalue weighted by atomic mass is 9.95. The third-order valence-electron chi connectivity index (χ3n) is 3.82. The molecule has 102 valence electrons. The van der Waals surface area contributed by atoms with Gasteiger partial charge >= 0.3 is 5.97 Å². The van der Waals surface area contributed by atoms with E-state index in [-0.39, 0.29) is 29.1 Å². The summed E-state index contributed by atoms with van der Waals surface area (Å²) in [4.78, 5) is 25.6. The van der Waals surface area contributed by atoms with Gasteiger partial charge in [-0.25, -0.2) is 4.79 Å². The maximum Gasteiger partial charge on any atom is 0.336 e. The monoisotopic (exact) mass is 261 g/mol. The molecule has 1 aromatic carbocycles. The minimum absolute atomic E-state index is 0.0810. The highest BCUT2D eigenvalue weighted by Crippen LogP contribution is 2.25. The Balaban J connectivity index is 2.36. The van der Waals surface area contributed by atoms with Crippen LogP contribution in [0, 0.1) is 0 Å². The highest BCUT2D eigenvalue weighted by molar-refractivity contribution is 6.05. The topological polar surface area (TPSA) is 57.6 Å². The Kier molecular flexibility index (Phi) is 3.88. The number of carbonyl (C=O) groups is 2. The van der Waals surface area contributed by atoms with Crippen LogP contribution in [0.5, 0.6) is 0 Å². The molecule has 1 aliphatic heterocycles. The smallest absolute Gasteiger partial charge is 0.336 e. The van der Waals surface area contributed by atoms with Gasteiger partial charge in [0, 0.05) is 12.1 Å². The van der Waals surface area contributed by atoms with Gasteiger partial charge < -0.3 is 10.0 Å². The summed E-state index contributed by atoms with van der Waals surface area (Å²) < 4.78 is 0. The number of nitrogens with zero attached hydrogens (tertiary/aromatic N) is 1. The molecule has 0 saturated carbocycles. The van der Waals surface area contributed by atoms with Gasteiger partial charge in [0.25, 0.3) is 5.91 Å². The standard InChI is InChI=1S/C15H19NO3/c1-10-6-5-7-11(2)16(10)14(17)12-8-3-4-9-13(12)15(18)19/h3-4,8-11H,5-7H2,1-2H3,(H,18,19). The molecule has 2 unspecified atom stereocenters. The van der Waals surface area contributed by atoms with Crippen molar-refractivity contribution in [3.8, 4) is 0 Å². The number of amides is 1. The van der Waals surface area contributed by atoms with E-state index in [4.69, 9.17) is 0 Å². The van der Waals surface area contributed by atoms with E-state index in [1.54, 1.807) is 18.2 Å². The van der Waals surface area contributed by atoms with Crippen molar-refractivity contribution < 1.29 is 14.7 Å². The van der Waals surface area contributed by atoms with Crippen molar-refractivity contribution in [2.24, 2.45) is 0 Å². The second kappa shape index (κ2) is 5.43. The molecular weight excluding hydrogens is 242 g/mol. The fourth-order valence-electron chi connectivity index (χ4n) is 2.82. The first-order chi connectivity index (χ1) is 9.02. The van der Waals surface area contributed by atoms with E-state index in [1.165, 1.54) is 6.07 Å². The predicted molar refractivity (Wildman–Crippen MR) is 72.3 cm³/mol. The van der Waals surface area contributed by atoms with Gasteiger partial charge in [-0.3, -0.25) is 4.79 Å². The van der Waals surface area contributed by atoms with E-state index in [0.717, 1.165) is 19.3 Å². The number of carbonyl (C=O) groups excluding carboxylic acids is 1. The van der Waals surface area contributed by atoms with Crippen LogP contribution < -0.4 is 0 Å². The number of hydrogen-bond acceptors (Lipinski definition) is 2. The lowest BCUT2D eigenvalue weighted by Crippen LogP contribution is -2.47.